The van der Waals surface area contributed by atoms with Crippen molar-refractivity contribution in [3.05, 3.63) is 70.8 Å². The molecule has 0 saturated carbocycles. The highest BCUT2D eigenvalue weighted by Gasteiger charge is 2.41. The average Bonchev–Trinajstić information content (AvgIpc) is 2.68. The first-order valence-corrected chi connectivity index (χ1v) is 9.10. The van der Waals surface area contributed by atoms with Crippen LogP contribution in [0.4, 0.5) is 13.2 Å². The van der Waals surface area contributed by atoms with Gasteiger partial charge in [-0.05, 0) is 35.2 Å². The van der Waals surface area contributed by atoms with E-state index in [0.717, 1.165) is 23.3 Å². The van der Waals surface area contributed by atoms with Crippen molar-refractivity contribution < 1.29 is 22.8 Å². The SMILES string of the molecule is CC1CN2C(=O)CN(C(=O)c3cccc(C(F)(F)F)c3)CC2c2ccccc21. The molecule has 2 aliphatic heterocycles. The number of hydrogen-bond donors (Lipinski definition) is 0. The lowest BCUT2D eigenvalue weighted by atomic mass is 9.85. The van der Waals surface area contributed by atoms with Crippen molar-refractivity contribution in [3.63, 3.8) is 0 Å². The van der Waals surface area contributed by atoms with E-state index in [1.807, 2.05) is 24.3 Å². The van der Waals surface area contributed by atoms with Crippen LogP contribution in [0, 0.1) is 0 Å². The van der Waals surface area contributed by atoms with E-state index in [-0.39, 0.29) is 36.5 Å². The van der Waals surface area contributed by atoms with Gasteiger partial charge in [0.15, 0.2) is 0 Å². The van der Waals surface area contributed by atoms with Crippen LogP contribution in [0.3, 0.4) is 0 Å². The topological polar surface area (TPSA) is 40.6 Å². The molecule has 7 heteroatoms. The number of benzene rings is 2. The predicted octanol–water partition coefficient (Wildman–Crippen LogP) is 3.85. The molecule has 0 radical (unpaired) electrons. The summed E-state index contributed by atoms with van der Waals surface area (Å²) in [6, 6.07) is 11.9. The Bertz CT molecular complexity index is 941. The summed E-state index contributed by atoms with van der Waals surface area (Å²) in [5, 5.41) is 0. The van der Waals surface area contributed by atoms with E-state index in [4.69, 9.17) is 0 Å². The number of rotatable bonds is 1. The van der Waals surface area contributed by atoms with Crippen LogP contribution in [0.2, 0.25) is 0 Å². The smallest absolute Gasteiger partial charge is 0.332 e. The maximum atomic E-state index is 13.0. The number of carbonyl (C=O) groups is 2. The second-order valence-corrected chi connectivity index (χ2v) is 7.36. The summed E-state index contributed by atoms with van der Waals surface area (Å²) in [6.07, 6.45) is -4.52. The first-order valence-electron chi connectivity index (χ1n) is 9.10. The maximum Gasteiger partial charge on any atom is 0.416 e. The van der Waals surface area contributed by atoms with Gasteiger partial charge in [0.05, 0.1) is 11.6 Å². The maximum absolute atomic E-state index is 13.0. The molecule has 2 heterocycles. The molecule has 0 N–H and O–H groups in total. The Hall–Kier alpha value is -2.83. The number of amides is 2. The van der Waals surface area contributed by atoms with Crippen LogP contribution in [0.25, 0.3) is 0 Å². The van der Waals surface area contributed by atoms with Crippen LogP contribution in [-0.4, -0.2) is 41.2 Å². The summed E-state index contributed by atoms with van der Waals surface area (Å²) >= 11 is 0. The lowest BCUT2D eigenvalue weighted by molar-refractivity contribution is -0.140. The monoisotopic (exact) mass is 388 g/mol. The molecule has 4 rings (SSSR count). The Morgan fingerprint density at radius 1 is 1.04 bits per heavy atom. The van der Waals surface area contributed by atoms with Gasteiger partial charge in [-0.2, -0.15) is 13.2 Å². The standard InChI is InChI=1S/C21H19F3N2O2/c1-13-10-26-18(17-8-3-2-7-16(13)17)11-25(12-19(26)27)20(28)14-5-4-6-15(9-14)21(22,23)24/h2-9,13,18H,10-12H2,1H3. The molecule has 1 saturated heterocycles. The molecule has 0 spiro atoms. The van der Waals surface area contributed by atoms with Crippen LogP contribution >= 0.6 is 0 Å². The molecule has 28 heavy (non-hydrogen) atoms. The summed E-state index contributed by atoms with van der Waals surface area (Å²) in [5.41, 5.74) is 1.20. The first kappa shape index (κ1) is 18.5. The first-order chi connectivity index (χ1) is 13.3. The Balaban J connectivity index is 1.64. The van der Waals surface area contributed by atoms with Crippen LogP contribution in [-0.2, 0) is 11.0 Å². The highest BCUT2D eigenvalue weighted by Crippen LogP contribution is 2.38. The molecule has 0 aliphatic carbocycles. The fraction of sp³-hybridized carbons (Fsp3) is 0.333. The summed E-state index contributed by atoms with van der Waals surface area (Å²) in [6.45, 7) is 2.78. The van der Waals surface area contributed by atoms with E-state index in [1.165, 1.54) is 17.0 Å². The Kier molecular flexibility index (Phi) is 4.40. The summed E-state index contributed by atoms with van der Waals surface area (Å²) in [7, 11) is 0. The summed E-state index contributed by atoms with van der Waals surface area (Å²) in [5.74, 6) is -0.546. The molecule has 2 aromatic rings. The van der Waals surface area contributed by atoms with Gasteiger partial charge in [-0.3, -0.25) is 9.59 Å². The van der Waals surface area contributed by atoms with Gasteiger partial charge in [0.25, 0.3) is 5.91 Å². The van der Waals surface area contributed by atoms with E-state index in [9.17, 15) is 22.8 Å². The zero-order valence-corrected chi connectivity index (χ0v) is 15.2. The van der Waals surface area contributed by atoms with Crippen LogP contribution in [0.15, 0.2) is 48.5 Å². The Morgan fingerprint density at radius 2 is 1.75 bits per heavy atom. The minimum Gasteiger partial charge on any atom is -0.332 e. The van der Waals surface area contributed by atoms with E-state index >= 15 is 0 Å². The van der Waals surface area contributed by atoms with Gasteiger partial charge in [0.1, 0.15) is 6.54 Å². The number of alkyl halides is 3. The molecule has 2 unspecified atom stereocenters. The molecule has 2 amide bonds. The number of nitrogens with zero attached hydrogens (tertiary/aromatic N) is 2. The van der Waals surface area contributed by atoms with Crippen molar-refractivity contribution in [2.45, 2.75) is 25.1 Å². The van der Waals surface area contributed by atoms with Crippen LogP contribution in [0.5, 0.6) is 0 Å². The molecule has 2 atom stereocenters. The second kappa shape index (κ2) is 6.65. The summed E-state index contributed by atoms with van der Waals surface area (Å²) < 4.78 is 38.9. The third kappa shape index (κ3) is 3.15. The molecule has 1 fully saturated rings. The normalized spacial score (nSPS) is 21.9. The van der Waals surface area contributed by atoms with Crippen molar-refractivity contribution in [1.82, 2.24) is 9.80 Å². The quantitative estimate of drug-likeness (QED) is 0.745. The van der Waals surface area contributed by atoms with Crippen molar-refractivity contribution in [1.29, 1.82) is 0 Å². The van der Waals surface area contributed by atoms with Crippen LogP contribution < -0.4 is 0 Å². The van der Waals surface area contributed by atoms with Crippen molar-refractivity contribution in [2.75, 3.05) is 19.6 Å². The minimum absolute atomic E-state index is 0.0615. The van der Waals surface area contributed by atoms with Gasteiger partial charge in [0.2, 0.25) is 5.91 Å². The van der Waals surface area contributed by atoms with Crippen molar-refractivity contribution >= 4 is 11.8 Å². The van der Waals surface area contributed by atoms with Gasteiger partial charge in [-0.1, -0.05) is 37.3 Å². The van der Waals surface area contributed by atoms with Gasteiger partial charge < -0.3 is 9.80 Å². The van der Waals surface area contributed by atoms with Crippen molar-refractivity contribution in [3.8, 4) is 0 Å². The number of piperazine rings is 1. The molecule has 0 bridgehead atoms. The highest BCUT2D eigenvalue weighted by molar-refractivity contribution is 5.97. The lowest BCUT2D eigenvalue weighted by Gasteiger charge is -2.46. The molecular formula is C21H19F3N2O2. The number of fused-ring (bicyclic) bond motifs is 3. The predicted molar refractivity (Wildman–Crippen MR) is 96.7 cm³/mol. The Labute approximate surface area is 160 Å². The van der Waals surface area contributed by atoms with Crippen LogP contribution in [0.1, 0.15) is 45.9 Å². The lowest BCUT2D eigenvalue weighted by Crippen LogP contribution is -2.56. The van der Waals surface area contributed by atoms with Gasteiger partial charge in [-0.15, -0.1) is 0 Å². The zero-order chi connectivity index (χ0) is 20.1. The minimum atomic E-state index is -4.52. The number of halogens is 3. The largest absolute Gasteiger partial charge is 0.416 e. The van der Waals surface area contributed by atoms with E-state index < -0.39 is 17.6 Å². The highest BCUT2D eigenvalue weighted by atomic mass is 19.4. The van der Waals surface area contributed by atoms with E-state index in [2.05, 4.69) is 6.92 Å². The molecular weight excluding hydrogens is 369 g/mol. The van der Waals surface area contributed by atoms with E-state index in [1.54, 1.807) is 4.90 Å². The molecule has 0 aromatic heterocycles. The van der Waals surface area contributed by atoms with Gasteiger partial charge in [-0.25, -0.2) is 0 Å². The van der Waals surface area contributed by atoms with Crippen molar-refractivity contribution in [2.24, 2.45) is 0 Å². The van der Waals surface area contributed by atoms with Gasteiger partial charge >= 0.3 is 6.18 Å². The molecule has 4 nitrogen and oxygen atoms in total. The number of carbonyl (C=O) groups excluding carboxylic acids is 2. The second-order valence-electron chi connectivity index (χ2n) is 7.36. The third-order valence-corrected chi connectivity index (χ3v) is 5.50. The zero-order valence-electron chi connectivity index (χ0n) is 15.2. The fourth-order valence-electron chi connectivity index (χ4n) is 4.12. The molecule has 2 aliphatic rings. The number of hydrogen-bond acceptors (Lipinski definition) is 2. The van der Waals surface area contributed by atoms with E-state index in [0.29, 0.717) is 6.54 Å². The molecule has 2 aromatic carbocycles. The molecule has 146 valence electrons. The summed E-state index contributed by atoms with van der Waals surface area (Å²) in [4.78, 5) is 28.7. The van der Waals surface area contributed by atoms with Gasteiger partial charge in [0, 0.05) is 18.7 Å². The average molecular weight is 388 g/mol. The Morgan fingerprint density at radius 3 is 2.46 bits per heavy atom. The third-order valence-electron chi connectivity index (χ3n) is 5.50. The fourth-order valence-corrected chi connectivity index (χ4v) is 4.12.